The number of rotatable bonds is 3. The third kappa shape index (κ3) is 2.96. The van der Waals surface area contributed by atoms with E-state index in [2.05, 4.69) is 0 Å². The lowest BCUT2D eigenvalue weighted by molar-refractivity contribution is -0.147. The SMILES string of the molecule is Cc1ccc(N2C(=O)N3C(c4ccc(F)cc4)C4C(=O)N(C5CCCCC5)C(=O)C4[C@]3(C)C2=O)cc1. The van der Waals surface area contributed by atoms with Crippen molar-refractivity contribution in [3.8, 4) is 0 Å². The number of fused-ring (bicyclic) bond motifs is 3. The third-order valence-electron chi connectivity index (χ3n) is 8.59. The molecule has 3 aliphatic heterocycles. The zero-order chi connectivity index (χ0) is 25.4. The van der Waals surface area contributed by atoms with E-state index in [1.165, 1.54) is 34.1 Å². The molecule has 186 valence electrons. The number of carbonyl (C=O) groups excluding carboxylic acids is 4. The molecule has 2 aromatic rings. The number of hydrogen-bond acceptors (Lipinski definition) is 4. The van der Waals surface area contributed by atoms with Crippen molar-refractivity contribution in [2.75, 3.05) is 4.90 Å². The van der Waals surface area contributed by atoms with Gasteiger partial charge in [0.15, 0.2) is 0 Å². The number of amides is 5. The van der Waals surface area contributed by atoms with Crippen LogP contribution in [-0.2, 0) is 14.4 Å². The Labute approximate surface area is 208 Å². The van der Waals surface area contributed by atoms with E-state index in [1.807, 2.05) is 19.1 Å². The van der Waals surface area contributed by atoms with Crippen LogP contribution in [0.3, 0.4) is 0 Å². The van der Waals surface area contributed by atoms with Crippen LogP contribution in [0.15, 0.2) is 48.5 Å². The van der Waals surface area contributed by atoms with Gasteiger partial charge >= 0.3 is 6.03 Å². The van der Waals surface area contributed by atoms with E-state index in [9.17, 15) is 23.6 Å². The predicted octanol–water partition coefficient (Wildman–Crippen LogP) is 4.35. The number of nitrogens with zero attached hydrogens (tertiary/aromatic N) is 3. The largest absolute Gasteiger partial charge is 0.332 e. The van der Waals surface area contributed by atoms with E-state index in [4.69, 9.17) is 0 Å². The monoisotopic (exact) mass is 489 g/mol. The summed E-state index contributed by atoms with van der Waals surface area (Å²) in [6, 6.07) is 11.1. The highest BCUT2D eigenvalue weighted by Crippen LogP contribution is 2.59. The topological polar surface area (TPSA) is 78.0 Å². The molecule has 8 heteroatoms. The van der Waals surface area contributed by atoms with Crippen molar-refractivity contribution in [2.45, 2.75) is 63.6 Å². The van der Waals surface area contributed by atoms with Gasteiger partial charge in [-0.1, -0.05) is 49.1 Å². The first-order chi connectivity index (χ1) is 17.2. The van der Waals surface area contributed by atoms with E-state index in [-0.39, 0.29) is 17.9 Å². The third-order valence-corrected chi connectivity index (χ3v) is 8.59. The van der Waals surface area contributed by atoms with Crippen molar-refractivity contribution in [1.29, 1.82) is 0 Å². The fourth-order valence-corrected chi connectivity index (χ4v) is 6.83. The molecule has 0 spiro atoms. The number of imide groups is 2. The summed E-state index contributed by atoms with van der Waals surface area (Å²) in [5.41, 5.74) is 0.408. The number of halogens is 1. The second-order valence-corrected chi connectivity index (χ2v) is 10.6. The number of carbonyl (C=O) groups is 4. The lowest BCUT2D eigenvalue weighted by atomic mass is 9.79. The normalized spacial score (nSPS) is 30.4. The van der Waals surface area contributed by atoms with Crippen molar-refractivity contribution < 1.29 is 23.6 Å². The van der Waals surface area contributed by atoms with Crippen LogP contribution in [0.25, 0.3) is 0 Å². The molecule has 0 radical (unpaired) electrons. The van der Waals surface area contributed by atoms with Gasteiger partial charge < -0.3 is 4.90 Å². The van der Waals surface area contributed by atoms with Gasteiger partial charge in [0.1, 0.15) is 11.4 Å². The number of urea groups is 1. The van der Waals surface area contributed by atoms with Gasteiger partial charge in [-0.05, 0) is 56.5 Å². The van der Waals surface area contributed by atoms with E-state index in [0.717, 1.165) is 42.6 Å². The van der Waals surface area contributed by atoms with Crippen LogP contribution in [0.4, 0.5) is 14.9 Å². The van der Waals surface area contributed by atoms with E-state index >= 15 is 0 Å². The standard InChI is InChI=1S/C28H28FN3O4/c1-16-8-14-20(15-9-16)31-26(35)28(2)22-21(24(33)30(25(22)34)19-6-4-3-5-7-19)23(32(28)27(31)36)17-10-12-18(29)13-11-17/h8-15,19,21-23H,3-7H2,1-2H3/t21?,22?,23?,28-/m1/s1. The van der Waals surface area contributed by atoms with Crippen LogP contribution in [-0.4, -0.2) is 45.1 Å². The van der Waals surface area contributed by atoms with Crippen molar-refractivity contribution in [3.05, 3.63) is 65.5 Å². The van der Waals surface area contributed by atoms with Gasteiger partial charge in [0.25, 0.3) is 5.91 Å². The van der Waals surface area contributed by atoms with Gasteiger partial charge in [0.2, 0.25) is 11.8 Å². The zero-order valence-corrected chi connectivity index (χ0v) is 20.3. The molecule has 7 nitrogen and oxygen atoms in total. The Morgan fingerprint density at radius 1 is 0.861 bits per heavy atom. The average molecular weight is 490 g/mol. The highest BCUT2D eigenvalue weighted by molar-refractivity contribution is 6.26. The van der Waals surface area contributed by atoms with Gasteiger partial charge in [-0.15, -0.1) is 0 Å². The first kappa shape index (κ1) is 22.9. The Hall–Kier alpha value is -3.55. The van der Waals surface area contributed by atoms with Gasteiger partial charge in [0, 0.05) is 6.04 Å². The average Bonchev–Trinajstić information content (AvgIpc) is 3.38. The van der Waals surface area contributed by atoms with Crippen molar-refractivity contribution in [1.82, 2.24) is 9.80 Å². The summed E-state index contributed by atoms with van der Waals surface area (Å²) in [5, 5.41) is 0. The summed E-state index contributed by atoms with van der Waals surface area (Å²) in [6.07, 6.45) is 4.46. The lowest BCUT2D eigenvalue weighted by Crippen LogP contribution is -2.52. The van der Waals surface area contributed by atoms with Crippen LogP contribution in [0, 0.1) is 24.6 Å². The Morgan fingerprint density at radius 2 is 1.50 bits per heavy atom. The van der Waals surface area contributed by atoms with Crippen LogP contribution in [0.1, 0.15) is 56.2 Å². The van der Waals surface area contributed by atoms with Crippen LogP contribution in [0.2, 0.25) is 0 Å². The zero-order valence-electron chi connectivity index (χ0n) is 20.3. The number of benzene rings is 2. The molecule has 3 unspecified atom stereocenters. The summed E-state index contributed by atoms with van der Waals surface area (Å²) in [7, 11) is 0. The number of hydrogen-bond donors (Lipinski definition) is 0. The Morgan fingerprint density at radius 3 is 2.14 bits per heavy atom. The van der Waals surface area contributed by atoms with Crippen LogP contribution >= 0.6 is 0 Å². The molecule has 5 amide bonds. The quantitative estimate of drug-likeness (QED) is 0.474. The molecule has 1 saturated carbocycles. The highest BCUT2D eigenvalue weighted by Gasteiger charge is 2.75. The van der Waals surface area contributed by atoms with E-state index in [0.29, 0.717) is 11.3 Å². The minimum atomic E-state index is -1.53. The smallest absolute Gasteiger partial charge is 0.301 e. The molecule has 4 fully saturated rings. The molecule has 1 aliphatic carbocycles. The molecule has 36 heavy (non-hydrogen) atoms. The van der Waals surface area contributed by atoms with Crippen molar-refractivity contribution in [2.24, 2.45) is 11.8 Å². The molecular formula is C28H28FN3O4. The maximum atomic E-state index is 14.0. The summed E-state index contributed by atoms with van der Waals surface area (Å²) < 4.78 is 13.8. The van der Waals surface area contributed by atoms with Gasteiger partial charge in [-0.25, -0.2) is 14.1 Å². The fraction of sp³-hybridized carbons (Fsp3) is 0.429. The molecular weight excluding hydrogens is 461 g/mol. The molecule has 6 rings (SSSR count). The second-order valence-electron chi connectivity index (χ2n) is 10.6. The Balaban J connectivity index is 1.49. The second kappa shape index (κ2) is 7.98. The Bertz CT molecular complexity index is 1270. The molecule has 4 atom stereocenters. The molecule has 0 aromatic heterocycles. The number of aryl methyl sites for hydroxylation is 1. The molecule has 3 saturated heterocycles. The highest BCUT2D eigenvalue weighted by atomic mass is 19.1. The first-order valence-corrected chi connectivity index (χ1v) is 12.6. The van der Waals surface area contributed by atoms with Crippen LogP contribution in [0.5, 0.6) is 0 Å². The van der Waals surface area contributed by atoms with Gasteiger partial charge in [-0.2, -0.15) is 0 Å². The Kier molecular flexibility index (Phi) is 5.07. The van der Waals surface area contributed by atoms with Crippen molar-refractivity contribution >= 4 is 29.4 Å². The van der Waals surface area contributed by atoms with Gasteiger partial charge in [0.05, 0.1) is 23.6 Å². The molecule has 0 bridgehead atoms. The molecule has 4 aliphatic rings. The lowest BCUT2D eigenvalue weighted by Gasteiger charge is -2.35. The molecule has 0 N–H and O–H groups in total. The maximum absolute atomic E-state index is 14.0. The summed E-state index contributed by atoms with van der Waals surface area (Å²) in [4.78, 5) is 59.7. The predicted molar refractivity (Wildman–Crippen MR) is 129 cm³/mol. The first-order valence-electron chi connectivity index (χ1n) is 12.6. The molecule has 3 heterocycles. The van der Waals surface area contributed by atoms with Crippen molar-refractivity contribution in [3.63, 3.8) is 0 Å². The van der Waals surface area contributed by atoms with E-state index < -0.39 is 41.2 Å². The minimum absolute atomic E-state index is 0.185. The number of anilines is 1. The summed E-state index contributed by atoms with van der Waals surface area (Å²) in [5.74, 6) is -3.54. The summed E-state index contributed by atoms with van der Waals surface area (Å²) in [6.45, 7) is 3.52. The molecule has 2 aromatic carbocycles. The van der Waals surface area contributed by atoms with Crippen LogP contribution < -0.4 is 4.90 Å². The fourth-order valence-electron chi connectivity index (χ4n) is 6.83. The summed E-state index contributed by atoms with van der Waals surface area (Å²) >= 11 is 0. The minimum Gasteiger partial charge on any atom is -0.301 e. The van der Waals surface area contributed by atoms with Gasteiger partial charge in [-0.3, -0.25) is 19.3 Å². The maximum Gasteiger partial charge on any atom is 0.332 e. The number of likely N-dealkylation sites (tertiary alicyclic amines) is 1. The van der Waals surface area contributed by atoms with E-state index in [1.54, 1.807) is 19.1 Å².